The van der Waals surface area contributed by atoms with Gasteiger partial charge in [-0.25, -0.2) is 12.7 Å². The zero-order valence-electron chi connectivity index (χ0n) is 18.2. The molecule has 0 bridgehead atoms. The number of thiophene rings is 1. The lowest BCUT2D eigenvalue weighted by Gasteiger charge is -2.13. The Morgan fingerprint density at radius 3 is 2.25 bits per heavy atom. The van der Waals surface area contributed by atoms with Crippen molar-refractivity contribution in [1.29, 1.82) is 0 Å². The van der Waals surface area contributed by atoms with Crippen LogP contribution in [0.5, 0.6) is 0 Å². The minimum Gasteiger partial charge on any atom is -0.322 e. The van der Waals surface area contributed by atoms with Gasteiger partial charge in [-0.3, -0.25) is 9.59 Å². The van der Waals surface area contributed by atoms with Gasteiger partial charge in [-0.1, -0.05) is 32.0 Å². The van der Waals surface area contributed by atoms with E-state index >= 15 is 0 Å². The molecular weight excluding hydrogens is 446 g/mol. The number of rotatable bonds is 7. The van der Waals surface area contributed by atoms with Gasteiger partial charge >= 0.3 is 0 Å². The van der Waals surface area contributed by atoms with Crippen LogP contribution in [0.25, 0.3) is 0 Å². The maximum atomic E-state index is 12.8. The molecule has 32 heavy (non-hydrogen) atoms. The number of amides is 2. The summed E-state index contributed by atoms with van der Waals surface area (Å²) in [5, 5.41) is 7.61. The van der Waals surface area contributed by atoms with Crippen LogP contribution in [0.2, 0.25) is 0 Å². The highest BCUT2D eigenvalue weighted by atomic mass is 32.2. The maximum absolute atomic E-state index is 12.8. The van der Waals surface area contributed by atoms with Gasteiger partial charge in [0, 0.05) is 25.3 Å². The Balaban J connectivity index is 1.75. The third-order valence-electron chi connectivity index (χ3n) is 4.85. The van der Waals surface area contributed by atoms with E-state index in [4.69, 9.17) is 0 Å². The van der Waals surface area contributed by atoms with Gasteiger partial charge in [0.15, 0.2) is 0 Å². The summed E-state index contributed by atoms with van der Waals surface area (Å²) in [7, 11) is -0.742. The second kappa shape index (κ2) is 9.64. The van der Waals surface area contributed by atoms with Crippen molar-refractivity contribution in [2.24, 2.45) is 0 Å². The molecule has 3 rings (SSSR count). The number of carbonyl (C=O) groups excluding carboxylic acids is 2. The number of carbonyl (C=O) groups is 2. The number of hydrogen-bond donors (Lipinski definition) is 2. The molecule has 2 aromatic carbocycles. The van der Waals surface area contributed by atoms with Gasteiger partial charge < -0.3 is 10.6 Å². The minimum absolute atomic E-state index is 0.0731. The fourth-order valence-corrected chi connectivity index (χ4v) is 4.65. The number of anilines is 2. The van der Waals surface area contributed by atoms with E-state index in [0.29, 0.717) is 27.7 Å². The van der Waals surface area contributed by atoms with Crippen molar-refractivity contribution in [3.63, 3.8) is 0 Å². The van der Waals surface area contributed by atoms with Crippen LogP contribution in [0.4, 0.5) is 10.7 Å². The summed E-state index contributed by atoms with van der Waals surface area (Å²) in [6.07, 6.45) is 0. The molecule has 1 heterocycles. The third kappa shape index (κ3) is 5.24. The average Bonchev–Trinajstić information content (AvgIpc) is 3.22. The topological polar surface area (TPSA) is 95.6 Å². The first kappa shape index (κ1) is 23.6. The van der Waals surface area contributed by atoms with Crippen molar-refractivity contribution < 1.29 is 18.0 Å². The second-order valence-electron chi connectivity index (χ2n) is 7.66. The van der Waals surface area contributed by atoms with Crippen molar-refractivity contribution in [2.75, 3.05) is 24.7 Å². The van der Waals surface area contributed by atoms with E-state index in [1.54, 1.807) is 35.7 Å². The first-order valence-electron chi connectivity index (χ1n) is 9.92. The molecule has 0 aliphatic carbocycles. The third-order valence-corrected chi connectivity index (χ3v) is 7.49. The van der Waals surface area contributed by atoms with Gasteiger partial charge in [0.2, 0.25) is 10.0 Å². The van der Waals surface area contributed by atoms with Gasteiger partial charge in [-0.2, -0.15) is 0 Å². The molecule has 7 nitrogen and oxygen atoms in total. The Hall–Kier alpha value is -3.01. The molecule has 9 heteroatoms. The monoisotopic (exact) mass is 471 g/mol. The summed E-state index contributed by atoms with van der Waals surface area (Å²) in [4.78, 5) is 25.5. The summed E-state index contributed by atoms with van der Waals surface area (Å²) in [6.45, 7) is 4.16. The van der Waals surface area contributed by atoms with Crippen LogP contribution in [0.15, 0.2) is 64.9 Å². The first-order valence-corrected chi connectivity index (χ1v) is 12.2. The molecule has 0 aliphatic rings. The second-order valence-corrected chi connectivity index (χ2v) is 10.7. The fraction of sp³-hybridized carbons (Fsp3) is 0.217. The quantitative estimate of drug-likeness (QED) is 0.525. The van der Waals surface area contributed by atoms with Crippen molar-refractivity contribution in [3.05, 3.63) is 76.7 Å². The molecule has 0 saturated heterocycles. The molecule has 168 valence electrons. The van der Waals surface area contributed by atoms with Gasteiger partial charge in [0.05, 0.1) is 10.5 Å². The SMILES string of the molecule is CC(C)c1ccc(C(=O)Nc2sccc2C(=O)Nc2cccc(S(=O)(=O)N(C)C)c2)cc1. The lowest BCUT2D eigenvalue weighted by atomic mass is 10.0. The molecule has 0 spiro atoms. The van der Waals surface area contributed by atoms with Crippen LogP contribution in [-0.4, -0.2) is 38.6 Å². The smallest absolute Gasteiger partial charge is 0.258 e. The zero-order chi connectivity index (χ0) is 23.5. The lowest BCUT2D eigenvalue weighted by Crippen LogP contribution is -2.22. The van der Waals surface area contributed by atoms with E-state index in [1.807, 2.05) is 12.1 Å². The normalized spacial score (nSPS) is 11.6. The number of hydrogen-bond acceptors (Lipinski definition) is 5. The summed E-state index contributed by atoms with van der Waals surface area (Å²) in [5.41, 5.74) is 2.26. The van der Waals surface area contributed by atoms with Crippen molar-refractivity contribution >= 4 is 43.9 Å². The summed E-state index contributed by atoms with van der Waals surface area (Å²) < 4.78 is 25.8. The average molecular weight is 472 g/mol. The molecule has 3 aromatic rings. The van der Waals surface area contributed by atoms with Crippen molar-refractivity contribution in [2.45, 2.75) is 24.7 Å². The molecule has 1 aromatic heterocycles. The van der Waals surface area contributed by atoms with Crippen LogP contribution < -0.4 is 10.6 Å². The number of sulfonamides is 1. The predicted molar refractivity (Wildman–Crippen MR) is 128 cm³/mol. The van der Waals surface area contributed by atoms with Crippen molar-refractivity contribution in [3.8, 4) is 0 Å². The van der Waals surface area contributed by atoms with Gasteiger partial charge in [0.1, 0.15) is 5.00 Å². The van der Waals surface area contributed by atoms with E-state index in [1.165, 1.54) is 37.6 Å². The van der Waals surface area contributed by atoms with Crippen LogP contribution >= 0.6 is 11.3 Å². The molecule has 0 radical (unpaired) electrons. The lowest BCUT2D eigenvalue weighted by molar-refractivity contribution is 0.102. The highest BCUT2D eigenvalue weighted by molar-refractivity contribution is 7.89. The Bertz CT molecular complexity index is 1230. The Morgan fingerprint density at radius 1 is 0.938 bits per heavy atom. The molecule has 0 saturated carbocycles. The van der Waals surface area contributed by atoms with E-state index < -0.39 is 15.9 Å². The molecule has 0 aliphatic heterocycles. The highest BCUT2D eigenvalue weighted by Crippen LogP contribution is 2.26. The molecule has 0 atom stereocenters. The molecule has 0 unspecified atom stereocenters. The zero-order valence-corrected chi connectivity index (χ0v) is 19.9. The van der Waals surface area contributed by atoms with Gasteiger partial charge in [-0.05, 0) is 53.3 Å². The van der Waals surface area contributed by atoms with Gasteiger partial charge in [0.25, 0.3) is 11.8 Å². The first-order chi connectivity index (χ1) is 15.1. The summed E-state index contributed by atoms with van der Waals surface area (Å²) >= 11 is 1.24. The fourth-order valence-electron chi connectivity index (χ4n) is 2.92. The van der Waals surface area contributed by atoms with Crippen LogP contribution in [-0.2, 0) is 10.0 Å². The summed E-state index contributed by atoms with van der Waals surface area (Å²) in [5.74, 6) is -0.391. The molecule has 2 amide bonds. The number of nitrogens with zero attached hydrogens (tertiary/aromatic N) is 1. The molecular formula is C23H25N3O4S2. The van der Waals surface area contributed by atoms with Gasteiger partial charge in [-0.15, -0.1) is 11.3 Å². The molecule has 2 N–H and O–H groups in total. The predicted octanol–water partition coefficient (Wildman–Crippen LogP) is 4.63. The maximum Gasteiger partial charge on any atom is 0.258 e. The Kier molecular flexibility index (Phi) is 7.12. The van der Waals surface area contributed by atoms with Crippen LogP contribution in [0.3, 0.4) is 0 Å². The number of benzene rings is 2. The molecule has 0 fully saturated rings. The standard InChI is InChI=1S/C23H25N3O4S2/c1-15(2)16-8-10-17(11-9-16)21(27)25-23-20(12-13-31-23)22(28)24-18-6-5-7-19(14-18)32(29,30)26(3)4/h5-15H,1-4H3,(H,24,28)(H,25,27). The van der Waals surface area contributed by atoms with E-state index in [-0.39, 0.29) is 10.8 Å². The Morgan fingerprint density at radius 2 is 1.62 bits per heavy atom. The van der Waals surface area contributed by atoms with Crippen molar-refractivity contribution in [1.82, 2.24) is 4.31 Å². The van der Waals surface area contributed by atoms with E-state index in [0.717, 1.165) is 9.87 Å². The van der Waals surface area contributed by atoms with Crippen LogP contribution in [0.1, 0.15) is 46.0 Å². The van der Waals surface area contributed by atoms with E-state index in [2.05, 4.69) is 24.5 Å². The minimum atomic E-state index is -3.63. The highest BCUT2D eigenvalue weighted by Gasteiger charge is 2.19. The largest absolute Gasteiger partial charge is 0.322 e. The summed E-state index contributed by atoms with van der Waals surface area (Å²) in [6, 6.07) is 15.0. The number of nitrogens with one attached hydrogen (secondary N) is 2. The van der Waals surface area contributed by atoms with Crippen LogP contribution in [0, 0.1) is 0 Å². The Labute approximate surface area is 192 Å². The van der Waals surface area contributed by atoms with E-state index in [9.17, 15) is 18.0 Å².